The number of aryl methyl sites for hydroxylation is 1. The molecule has 0 radical (unpaired) electrons. The molecular weight excluding hydrogens is 481 g/mol. The molecule has 10 heteroatoms. The summed E-state index contributed by atoms with van der Waals surface area (Å²) in [4.78, 5) is 4.72. The minimum atomic E-state index is -4.43. The zero-order chi connectivity index (χ0) is 24.1. The van der Waals surface area contributed by atoms with Crippen molar-refractivity contribution in [3.8, 4) is 16.3 Å². The Morgan fingerprint density at radius 1 is 1.15 bits per heavy atom. The normalized spacial score (nSPS) is 11.5. The van der Waals surface area contributed by atoms with Crippen LogP contribution in [-0.2, 0) is 25.1 Å². The summed E-state index contributed by atoms with van der Waals surface area (Å²) in [6, 6.07) is 13.0. The number of alkyl halides is 3. The first kappa shape index (κ1) is 24.0. The number of nitrogens with zero attached hydrogens (tertiary/aromatic N) is 4. The van der Waals surface area contributed by atoms with Crippen molar-refractivity contribution in [2.24, 2.45) is 0 Å². The van der Waals surface area contributed by atoms with Gasteiger partial charge in [-0.25, -0.2) is 4.98 Å². The number of ether oxygens (including phenoxy) is 1. The topological polar surface area (TPSA) is 52.8 Å². The van der Waals surface area contributed by atoms with E-state index in [1.165, 1.54) is 29.5 Å². The van der Waals surface area contributed by atoms with E-state index in [4.69, 9.17) is 9.72 Å². The smallest absolute Gasteiger partial charge is 0.416 e. The quantitative estimate of drug-likeness (QED) is 0.186. The predicted molar refractivity (Wildman–Crippen MR) is 128 cm³/mol. The van der Waals surface area contributed by atoms with Crippen LogP contribution in [0.4, 0.5) is 13.2 Å². The van der Waals surface area contributed by atoms with Gasteiger partial charge in [0, 0.05) is 23.2 Å². The maximum absolute atomic E-state index is 12.9. The van der Waals surface area contributed by atoms with Gasteiger partial charge < -0.3 is 4.74 Å². The van der Waals surface area contributed by atoms with Crippen molar-refractivity contribution in [2.75, 3.05) is 0 Å². The van der Waals surface area contributed by atoms with E-state index in [1.54, 1.807) is 17.4 Å². The average Bonchev–Trinajstić information content (AvgIpc) is 3.44. The number of halogens is 3. The van der Waals surface area contributed by atoms with Gasteiger partial charge in [0.1, 0.15) is 17.4 Å². The van der Waals surface area contributed by atoms with E-state index in [2.05, 4.69) is 41.0 Å². The molecule has 0 saturated heterocycles. The number of thioether (sulfide) groups is 1. The number of rotatable bonds is 9. The lowest BCUT2D eigenvalue weighted by Gasteiger charge is -2.11. The van der Waals surface area contributed by atoms with E-state index in [9.17, 15) is 13.2 Å². The van der Waals surface area contributed by atoms with Gasteiger partial charge in [-0.2, -0.15) is 13.2 Å². The number of allylic oxidation sites excluding steroid dienone is 1. The van der Waals surface area contributed by atoms with Gasteiger partial charge in [0.15, 0.2) is 11.0 Å². The highest BCUT2D eigenvalue weighted by Crippen LogP contribution is 2.32. The van der Waals surface area contributed by atoms with Crippen LogP contribution in [-0.4, -0.2) is 19.7 Å². The number of aromatic nitrogens is 4. The summed E-state index contributed by atoms with van der Waals surface area (Å²) in [5.41, 5.74) is 2.45. The van der Waals surface area contributed by atoms with Crippen LogP contribution in [0.15, 0.2) is 71.7 Å². The first-order valence-electron chi connectivity index (χ1n) is 10.3. The Hall–Kier alpha value is -3.11. The minimum absolute atomic E-state index is 0.0169. The Morgan fingerprint density at radius 3 is 2.68 bits per heavy atom. The molecule has 2 heterocycles. The number of hydrogen-bond acceptors (Lipinski definition) is 6. The molecule has 0 unspecified atom stereocenters. The second-order valence-electron chi connectivity index (χ2n) is 7.41. The van der Waals surface area contributed by atoms with Gasteiger partial charge in [-0.05, 0) is 25.1 Å². The molecule has 0 aliphatic carbocycles. The summed E-state index contributed by atoms with van der Waals surface area (Å²) in [7, 11) is 0. The molecular formula is C24H21F3N4OS2. The molecule has 0 amide bonds. The predicted octanol–water partition coefficient (Wildman–Crippen LogP) is 6.79. The zero-order valence-electron chi connectivity index (χ0n) is 18.2. The van der Waals surface area contributed by atoms with Crippen molar-refractivity contribution in [1.29, 1.82) is 0 Å². The van der Waals surface area contributed by atoms with Gasteiger partial charge >= 0.3 is 6.18 Å². The molecule has 0 aliphatic heterocycles. The van der Waals surface area contributed by atoms with Crippen LogP contribution in [0.1, 0.15) is 22.6 Å². The maximum Gasteiger partial charge on any atom is 0.416 e. The first-order valence-corrected chi connectivity index (χ1v) is 12.2. The van der Waals surface area contributed by atoms with E-state index in [0.717, 1.165) is 28.4 Å². The van der Waals surface area contributed by atoms with Crippen LogP contribution in [0.3, 0.4) is 0 Å². The zero-order valence-corrected chi connectivity index (χ0v) is 19.9. The maximum atomic E-state index is 12.9. The van der Waals surface area contributed by atoms with Crippen molar-refractivity contribution in [1.82, 2.24) is 19.7 Å². The summed E-state index contributed by atoms with van der Waals surface area (Å²) in [5.74, 6) is 1.22. The molecule has 176 valence electrons. The molecule has 5 nitrogen and oxygen atoms in total. The van der Waals surface area contributed by atoms with Crippen LogP contribution in [0.25, 0.3) is 10.6 Å². The molecule has 0 fully saturated rings. The fourth-order valence-electron chi connectivity index (χ4n) is 3.10. The van der Waals surface area contributed by atoms with Crippen LogP contribution in [0.5, 0.6) is 5.75 Å². The number of hydrogen-bond donors (Lipinski definition) is 0. The Balaban J connectivity index is 1.42. The van der Waals surface area contributed by atoms with Crippen molar-refractivity contribution in [2.45, 2.75) is 37.2 Å². The van der Waals surface area contributed by atoms with E-state index in [-0.39, 0.29) is 12.4 Å². The summed E-state index contributed by atoms with van der Waals surface area (Å²) in [5, 5.41) is 12.0. The highest BCUT2D eigenvalue weighted by Gasteiger charge is 2.30. The largest absolute Gasteiger partial charge is 0.486 e. The number of thiazole rings is 1. The minimum Gasteiger partial charge on any atom is -0.486 e. The van der Waals surface area contributed by atoms with Crippen molar-refractivity contribution in [3.05, 3.63) is 89.2 Å². The molecule has 4 rings (SSSR count). The molecule has 34 heavy (non-hydrogen) atoms. The lowest BCUT2D eigenvalue weighted by Crippen LogP contribution is -2.08. The lowest BCUT2D eigenvalue weighted by molar-refractivity contribution is -0.137. The second kappa shape index (κ2) is 10.4. The van der Waals surface area contributed by atoms with Crippen LogP contribution in [0.2, 0.25) is 0 Å². The van der Waals surface area contributed by atoms with E-state index < -0.39 is 11.7 Å². The average molecular weight is 503 g/mol. The van der Waals surface area contributed by atoms with Gasteiger partial charge in [-0.15, -0.1) is 28.1 Å². The van der Waals surface area contributed by atoms with Gasteiger partial charge in [0.2, 0.25) is 0 Å². The van der Waals surface area contributed by atoms with Crippen LogP contribution >= 0.6 is 23.1 Å². The third-order valence-electron chi connectivity index (χ3n) is 4.83. The molecule has 0 saturated carbocycles. The summed E-state index contributed by atoms with van der Waals surface area (Å²) >= 11 is 3.07. The molecule has 4 aromatic rings. The molecule has 0 bridgehead atoms. The van der Waals surface area contributed by atoms with Gasteiger partial charge in [0.25, 0.3) is 0 Å². The highest BCUT2D eigenvalue weighted by atomic mass is 32.2. The van der Waals surface area contributed by atoms with E-state index in [0.29, 0.717) is 23.3 Å². The lowest BCUT2D eigenvalue weighted by atomic mass is 10.2. The summed E-state index contributed by atoms with van der Waals surface area (Å²) < 4.78 is 46.2. The third kappa shape index (κ3) is 5.87. The Bertz CT molecular complexity index is 1270. The Kier molecular flexibility index (Phi) is 7.38. The second-order valence-corrected chi connectivity index (χ2v) is 9.21. The van der Waals surface area contributed by atoms with Gasteiger partial charge in [-0.1, -0.05) is 53.7 Å². The molecule has 0 aliphatic rings. The highest BCUT2D eigenvalue weighted by molar-refractivity contribution is 7.98. The molecule has 0 atom stereocenters. The van der Waals surface area contributed by atoms with Crippen LogP contribution in [0, 0.1) is 6.92 Å². The summed E-state index contributed by atoms with van der Waals surface area (Å²) in [6.45, 7) is 6.25. The fraction of sp³-hybridized carbons (Fsp3) is 0.208. The fourth-order valence-corrected chi connectivity index (χ4v) is 4.89. The van der Waals surface area contributed by atoms with Crippen molar-refractivity contribution >= 4 is 23.1 Å². The van der Waals surface area contributed by atoms with E-state index >= 15 is 0 Å². The standard InChI is InChI=1S/C24H21F3N4OS2/c1-3-11-31-21(13-32-20-6-4-5-18(12-20)24(25,26)27)29-30-23(31)34-15-19-14-33-22(28-19)17-9-7-16(2)8-10-17/h3-10,12,14H,1,11,13,15H2,2H3. The third-order valence-corrected chi connectivity index (χ3v) is 6.77. The summed E-state index contributed by atoms with van der Waals surface area (Å²) in [6.07, 6.45) is -2.72. The van der Waals surface area contributed by atoms with E-state index in [1.807, 2.05) is 16.9 Å². The molecule has 2 aromatic heterocycles. The molecule has 2 aromatic carbocycles. The van der Waals surface area contributed by atoms with Crippen molar-refractivity contribution in [3.63, 3.8) is 0 Å². The first-order chi connectivity index (χ1) is 16.3. The molecule has 0 spiro atoms. The number of benzene rings is 2. The van der Waals surface area contributed by atoms with Crippen LogP contribution < -0.4 is 4.74 Å². The van der Waals surface area contributed by atoms with Gasteiger partial charge in [-0.3, -0.25) is 4.57 Å². The van der Waals surface area contributed by atoms with Gasteiger partial charge in [0.05, 0.1) is 11.3 Å². The Morgan fingerprint density at radius 2 is 1.94 bits per heavy atom. The SMILES string of the molecule is C=CCn1c(COc2cccc(C(F)(F)F)c2)nnc1SCc1csc(-c2ccc(C)cc2)n1. The monoisotopic (exact) mass is 502 g/mol. The van der Waals surface area contributed by atoms with Crippen molar-refractivity contribution < 1.29 is 17.9 Å². The Labute approximate surface area is 203 Å². The molecule has 0 N–H and O–H groups in total.